The molecule has 1 aliphatic heterocycles. The summed E-state index contributed by atoms with van der Waals surface area (Å²) in [4.78, 5) is 26.8. The molecule has 2 amide bonds. The number of carbonyl (C=O) groups excluding carboxylic acids is 2. The number of amides is 2. The van der Waals surface area contributed by atoms with Crippen molar-refractivity contribution in [2.24, 2.45) is 11.8 Å². The highest BCUT2D eigenvalue weighted by molar-refractivity contribution is 5.85. The molecule has 1 saturated heterocycles. The number of piperidine rings is 1. The van der Waals surface area contributed by atoms with E-state index in [4.69, 9.17) is 0 Å². The second-order valence-electron chi connectivity index (χ2n) is 5.06. The van der Waals surface area contributed by atoms with Crippen LogP contribution in [0.1, 0.15) is 13.3 Å². The highest BCUT2D eigenvalue weighted by Gasteiger charge is 2.30. The van der Waals surface area contributed by atoms with E-state index in [1.54, 1.807) is 26.0 Å². The van der Waals surface area contributed by atoms with Crippen molar-refractivity contribution in [3.8, 4) is 0 Å². The Hall–Kier alpha value is -1.10. The Kier molecular flexibility index (Phi) is 4.93. The summed E-state index contributed by atoms with van der Waals surface area (Å²) in [5.74, 6) is 0.445. The molecule has 17 heavy (non-hydrogen) atoms. The SMILES string of the molecule is CC1CNCCC1C(=O)N(C)CC(=O)N(C)C. The van der Waals surface area contributed by atoms with Crippen LogP contribution in [0.3, 0.4) is 0 Å². The average molecular weight is 241 g/mol. The number of rotatable bonds is 3. The van der Waals surface area contributed by atoms with Gasteiger partial charge in [-0.15, -0.1) is 0 Å². The molecule has 2 atom stereocenters. The van der Waals surface area contributed by atoms with Gasteiger partial charge in [-0.3, -0.25) is 9.59 Å². The molecular formula is C12H23N3O2. The largest absolute Gasteiger partial charge is 0.347 e. The van der Waals surface area contributed by atoms with Gasteiger partial charge in [0.25, 0.3) is 0 Å². The highest BCUT2D eigenvalue weighted by Crippen LogP contribution is 2.20. The maximum atomic E-state index is 12.2. The molecule has 2 unspecified atom stereocenters. The van der Waals surface area contributed by atoms with Gasteiger partial charge in [0.2, 0.25) is 11.8 Å². The van der Waals surface area contributed by atoms with E-state index in [1.807, 2.05) is 0 Å². The van der Waals surface area contributed by atoms with E-state index in [1.165, 1.54) is 4.90 Å². The summed E-state index contributed by atoms with van der Waals surface area (Å²) in [5.41, 5.74) is 0. The summed E-state index contributed by atoms with van der Waals surface area (Å²) in [6.45, 7) is 4.01. The Bertz CT molecular complexity index is 291. The molecule has 0 spiro atoms. The second kappa shape index (κ2) is 6.00. The minimum atomic E-state index is -0.0394. The number of hydrogen-bond donors (Lipinski definition) is 1. The van der Waals surface area contributed by atoms with Crippen LogP contribution in [0.5, 0.6) is 0 Å². The summed E-state index contributed by atoms with van der Waals surface area (Å²) >= 11 is 0. The van der Waals surface area contributed by atoms with Crippen molar-refractivity contribution in [2.45, 2.75) is 13.3 Å². The second-order valence-corrected chi connectivity index (χ2v) is 5.06. The van der Waals surface area contributed by atoms with Gasteiger partial charge >= 0.3 is 0 Å². The molecule has 0 saturated carbocycles. The van der Waals surface area contributed by atoms with Crippen LogP contribution in [0.25, 0.3) is 0 Å². The zero-order chi connectivity index (χ0) is 13.0. The molecule has 5 heteroatoms. The van der Waals surface area contributed by atoms with Gasteiger partial charge < -0.3 is 15.1 Å². The lowest BCUT2D eigenvalue weighted by Crippen LogP contribution is -2.46. The number of nitrogens with one attached hydrogen (secondary N) is 1. The first-order valence-electron chi connectivity index (χ1n) is 6.09. The van der Waals surface area contributed by atoms with Crippen LogP contribution in [0.4, 0.5) is 0 Å². The van der Waals surface area contributed by atoms with Crippen LogP contribution in [-0.2, 0) is 9.59 Å². The molecule has 0 aromatic heterocycles. The summed E-state index contributed by atoms with van der Waals surface area (Å²) < 4.78 is 0. The van der Waals surface area contributed by atoms with Crippen molar-refractivity contribution in [1.82, 2.24) is 15.1 Å². The predicted molar refractivity (Wildman–Crippen MR) is 66.5 cm³/mol. The monoisotopic (exact) mass is 241 g/mol. The van der Waals surface area contributed by atoms with Crippen molar-refractivity contribution >= 4 is 11.8 Å². The van der Waals surface area contributed by atoms with Gasteiger partial charge in [-0.1, -0.05) is 6.92 Å². The minimum Gasteiger partial charge on any atom is -0.347 e. The average Bonchev–Trinajstić information content (AvgIpc) is 2.28. The lowest BCUT2D eigenvalue weighted by molar-refractivity contribution is -0.142. The highest BCUT2D eigenvalue weighted by atomic mass is 16.2. The third-order valence-electron chi connectivity index (χ3n) is 3.35. The standard InChI is InChI=1S/C12H23N3O2/c1-9-7-13-6-5-10(9)12(17)15(4)8-11(16)14(2)3/h9-10,13H,5-8H2,1-4H3. The number of nitrogens with zero attached hydrogens (tertiary/aromatic N) is 2. The zero-order valence-electron chi connectivity index (χ0n) is 11.2. The molecular weight excluding hydrogens is 218 g/mol. The molecule has 0 aliphatic carbocycles. The molecule has 0 aromatic carbocycles. The van der Waals surface area contributed by atoms with E-state index >= 15 is 0 Å². The normalized spacial score (nSPS) is 24.2. The zero-order valence-corrected chi connectivity index (χ0v) is 11.2. The molecule has 0 bridgehead atoms. The Morgan fingerprint density at radius 2 is 1.94 bits per heavy atom. The summed E-state index contributed by atoms with van der Waals surface area (Å²) in [5, 5.41) is 3.27. The first-order valence-corrected chi connectivity index (χ1v) is 6.09. The topological polar surface area (TPSA) is 52.7 Å². The third kappa shape index (κ3) is 3.70. The van der Waals surface area contributed by atoms with Crippen LogP contribution >= 0.6 is 0 Å². The van der Waals surface area contributed by atoms with E-state index in [9.17, 15) is 9.59 Å². The maximum Gasteiger partial charge on any atom is 0.241 e. The first kappa shape index (κ1) is 14.0. The van der Waals surface area contributed by atoms with E-state index in [0.717, 1.165) is 19.5 Å². The Balaban J connectivity index is 2.53. The molecule has 1 heterocycles. The van der Waals surface area contributed by atoms with Crippen molar-refractivity contribution in [2.75, 3.05) is 40.8 Å². The summed E-state index contributed by atoms with van der Waals surface area (Å²) in [6, 6.07) is 0. The third-order valence-corrected chi connectivity index (χ3v) is 3.35. The summed E-state index contributed by atoms with van der Waals surface area (Å²) in [6.07, 6.45) is 0.862. The lowest BCUT2D eigenvalue weighted by Gasteiger charge is -2.31. The van der Waals surface area contributed by atoms with Crippen molar-refractivity contribution in [3.63, 3.8) is 0 Å². The molecule has 0 aromatic rings. The molecule has 5 nitrogen and oxygen atoms in total. The molecule has 0 radical (unpaired) electrons. The fraction of sp³-hybridized carbons (Fsp3) is 0.833. The minimum absolute atomic E-state index is 0.0394. The van der Waals surface area contributed by atoms with Crippen LogP contribution in [-0.4, -0.2) is 62.4 Å². The van der Waals surface area contributed by atoms with E-state index < -0.39 is 0 Å². The van der Waals surface area contributed by atoms with Gasteiger partial charge in [0, 0.05) is 27.1 Å². The van der Waals surface area contributed by atoms with Gasteiger partial charge in [0.05, 0.1) is 6.54 Å². The van der Waals surface area contributed by atoms with Gasteiger partial charge in [0.1, 0.15) is 0 Å². The van der Waals surface area contributed by atoms with Gasteiger partial charge in [-0.25, -0.2) is 0 Å². The fourth-order valence-corrected chi connectivity index (χ4v) is 2.09. The predicted octanol–water partition coefficient (Wildman–Crippen LogP) is -0.221. The van der Waals surface area contributed by atoms with Crippen LogP contribution in [0.2, 0.25) is 0 Å². The van der Waals surface area contributed by atoms with Crippen molar-refractivity contribution in [1.29, 1.82) is 0 Å². The van der Waals surface area contributed by atoms with Gasteiger partial charge in [0.15, 0.2) is 0 Å². The number of likely N-dealkylation sites (N-methyl/N-ethyl adjacent to an activating group) is 2. The van der Waals surface area contributed by atoms with Gasteiger partial charge in [-0.05, 0) is 25.4 Å². The lowest BCUT2D eigenvalue weighted by atomic mass is 9.87. The smallest absolute Gasteiger partial charge is 0.241 e. The Morgan fingerprint density at radius 1 is 1.29 bits per heavy atom. The Labute approximate surface area is 103 Å². The van der Waals surface area contributed by atoms with Crippen molar-refractivity contribution < 1.29 is 9.59 Å². The van der Waals surface area contributed by atoms with E-state index in [0.29, 0.717) is 5.92 Å². The molecule has 1 aliphatic rings. The van der Waals surface area contributed by atoms with E-state index in [2.05, 4.69) is 12.2 Å². The quantitative estimate of drug-likeness (QED) is 0.743. The van der Waals surface area contributed by atoms with Crippen molar-refractivity contribution in [3.05, 3.63) is 0 Å². The van der Waals surface area contributed by atoms with Crippen LogP contribution in [0, 0.1) is 11.8 Å². The molecule has 1 N–H and O–H groups in total. The van der Waals surface area contributed by atoms with Crippen LogP contribution in [0.15, 0.2) is 0 Å². The van der Waals surface area contributed by atoms with Gasteiger partial charge in [-0.2, -0.15) is 0 Å². The number of carbonyl (C=O) groups is 2. The fourth-order valence-electron chi connectivity index (χ4n) is 2.09. The molecule has 1 rings (SSSR count). The Morgan fingerprint density at radius 3 is 2.47 bits per heavy atom. The molecule has 1 fully saturated rings. The number of hydrogen-bond acceptors (Lipinski definition) is 3. The molecule has 98 valence electrons. The first-order chi connectivity index (χ1) is 7.93. The summed E-state index contributed by atoms with van der Waals surface area (Å²) in [7, 11) is 5.11. The maximum absolute atomic E-state index is 12.2. The van der Waals surface area contributed by atoms with E-state index in [-0.39, 0.29) is 24.3 Å². The van der Waals surface area contributed by atoms with Crippen LogP contribution < -0.4 is 5.32 Å².